The largest absolute Gasteiger partial charge is 0.457 e. The highest BCUT2D eigenvalue weighted by Gasteiger charge is 2.07. The van der Waals surface area contributed by atoms with Crippen LogP contribution < -0.4 is 4.74 Å². The van der Waals surface area contributed by atoms with Crippen LogP contribution in [0.15, 0.2) is 36.4 Å². The Hall–Kier alpha value is -2.09. The molecule has 0 radical (unpaired) electrons. The highest BCUT2D eigenvalue weighted by atomic mass is 16.5. The van der Waals surface area contributed by atoms with Gasteiger partial charge in [0, 0.05) is 5.56 Å². The summed E-state index contributed by atoms with van der Waals surface area (Å²) >= 11 is 0. The lowest BCUT2D eigenvalue weighted by Crippen LogP contribution is -1.95. The lowest BCUT2D eigenvalue weighted by Gasteiger charge is -2.12. The number of ether oxygens (including phenoxy) is 1. The van der Waals surface area contributed by atoms with E-state index in [1.54, 1.807) is 19.1 Å². The van der Waals surface area contributed by atoms with E-state index >= 15 is 0 Å². The number of hydrogen-bond acceptors (Lipinski definition) is 2. The molecule has 2 rings (SSSR count). The number of hydrogen-bond donors (Lipinski definition) is 0. The van der Waals surface area contributed by atoms with Gasteiger partial charge in [0.2, 0.25) is 0 Å². The number of Topliss-reactive ketones (excluding diaryl/α,β-unsaturated/α-hetero) is 1. The van der Waals surface area contributed by atoms with Gasteiger partial charge in [-0.3, -0.25) is 4.79 Å². The SMILES string of the molecule is CC(=O)c1cccc(Oc2cc(C)cc(C)c2C)c1. The maximum Gasteiger partial charge on any atom is 0.159 e. The van der Waals surface area contributed by atoms with Gasteiger partial charge in [-0.25, -0.2) is 0 Å². The zero-order valence-corrected chi connectivity index (χ0v) is 11.8. The monoisotopic (exact) mass is 254 g/mol. The molecular weight excluding hydrogens is 236 g/mol. The summed E-state index contributed by atoms with van der Waals surface area (Å²) in [5.74, 6) is 1.58. The van der Waals surface area contributed by atoms with Gasteiger partial charge < -0.3 is 4.74 Å². The first kappa shape index (κ1) is 13.3. The number of rotatable bonds is 3. The first-order valence-corrected chi connectivity index (χ1v) is 6.34. The lowest BCUT2D eigenvalue weighted by molar-refractivity contribution is 0.101. The average molecular weight is 254 g/mol. The van der Waals surface area contributed by atoms with Crippen molar-refractivity contribution in [2.45, 2.75) is 27.7 Å². The zero-order chi connectivity index (χ0) is 14.0. The van der Waals surface area contributed by atoms with Crippen molar-refractivity contribution in [3.8, 4) is 11.5 Å². The van der Waals surface area contributed by atoms with Gasteiger partial charge in [0.1, 0.15) is 11.5 Å². The van der Waals surface area contributed by atoms with E-state index in [2.05, 4.69) is 13.0 Å². The molecule has 0 N–H and O–H groups in total. The fourth-order valence-corrected chi connectivity index (χ4v) is 2.01. The molecule has 0 heterocycles. The van der Waals surface area contributed by atoms with Crippen LogP contribution in [0.3, 0.4) is 0 Å². The van der Waals surface area contributed by atoms with E-state index in [1.165, 1.54) is 11.1 Å². The standard InChI is InChI=1S/C17H18O2/c1-11-8-12(2)13(3)17(9-11)19-16-7-5-6-15(10-16)14(4)18/h5-10H,1-4H3. The topological polar surface area (TPSA) is 26.3 Å². The summed E-state index contributed by atoms with van der Waals surface area (Å²) in [5.41, 5.74) is 4.16. The summed E-state index contributed by atoms with van der Waals surface area (Å²) in [7, 11) is 0. The average Bonchev–Trinajstić information content (AvgIpc) is 2.35. The summed E-state index contributed by atoms with van der Waals surface area (Å²) in [6.07, 6.45) is 0. The van der Waals surface area contributed by atoms with Crippen molar-refractivity contribution in [3.63, 3.8) is 0 Å². The Labute approximate surface area is 114 Å². The maximum absolute atomic E-state index is 11.4. The molecule has 0 saturated carbocycles. The Morgan fingerprint density at radius 1 is 1.05 bits per heavy atom. The normalized spacial score (nSPS) is 10.3. The number of benzene rings is 2. The first-order valence-electron chi connectivity index (χ1n) is 6.34. The third-order valence-corrected chi connectivity index (χ3v) is 3.23. The van der Waals surface area contributed by atoms with Crippen molar-refractivity contribution in [2.75, 3.05) is 0 Å². The predicted octanol–water partition coefficient (Wildman–Crippen LogP) is 4.61. The minimum atomic E-state index is 0.0441. The Morgan fingerprint density at radius 2 is 1.79 bits per heavy atom. The van der Waals surface area contributed by atoms with Gasteiger partial charge in [-0.1, -0.05) is 18.2 Å². The molecule has 2 aromatic rings. The predicted molar refractivity (Wildman–Crippen MR) is 77.2 cm³/mol. The molecule has 0 atom stereocenters. The van der Waals surface area contributed by atoms with Gasteiger partial charge in [0.25, 0.3) is 0 Å². The number of ketones is 1. The van der Waals surface area contributed by atoms with Gasteiger partial charge >= 0.3 is 0 Å². The van der Waals surface area contributed by atoms with Crippen LogP contribution in [0.25, 0.3) is 0 Å². The highest BCUT2D eigenvalue weighted by molar-refractivity contribution is 5.94. The second-order valence-electron chi connectivity index (χ2n) is 4.89. The Bertz CT molecular complexity index is 627. The first-order chi connectivity index (χ1) is 8.97. The minimum Gasteiger partial charge on any atom is -0.457 e. The van der Waals surface area contributed by atoms with Crippen molar-refractivity contribution < 1.29 is 9.53 Å². The van der Waals surface area contributed by atoms with Crippen molar-refractivity contribution in [2.24, 2.45) is 0 Å². The molecule has 19 heavy (non-hydrogen) atoms. The fourth-order valence-electron chi connectivity index (χ4n) is 2.01. The molecular formula is C17H18O2. The van der Waals surface area contributed by atoms with Crippen LogP contribution in [0.1, 0.15) is 34.0 Å². The molecule has 0 bridgehead atoms. The van der Waals surface area contributed by atoms with Crippen molar-refractivity contribution in [3.05, 3.63) is 58.7 Å². The summed E-state index contributed by atoms with van der Waals surface area (Å²) < 4.78 is 5.91. The molecule has 98 valence electrons. The molecule has 0 aromatic heterocycles. The van der Waals surface area contributed by atoms with Gasteiger partial charge in [-0.15, -0.1) is 0 Å². The Morgan fingerprint density at radius 3 is 2.47 bits per heavy atom. The van der Waals surface area contributed by atoms with Crippen molar-refractivity contribution in [1.82, 2.24) is 0 Å². The lowest BCUT2D eigenvalue weighted by atomic mass is 10.1. The molecule has 0 saturated heterocycles. The molecule has 0 aliphatic rings. The van der Waals surface area contributed by atoms with Crippen molar-refractivity contribution in [1.29, 1.82) is 0 Å². The third kappa shape index (κ3) is 3.02. The van der Waals surface area contributed by atoms with Crippen LogP contribution in [0.2, 0.25) is 0 Å². The number of aryl methyl sites for hydroxylation is 2. The molecule has 2 heteroatoms. The second kappa shape index (κ2) is 5.27. The van der Waals surface area contributed by atoms with Gasteiger partial charge in [0.05, 0.1) is 0 Å². The fraction of sp³-hybridized carbons (Fsp3) is 0.235. The molecule has 0 amide bonds. The summed E-state index contributed by atoms with van der Waals surface area (Å²) in [4.78, 5) is 11.4. The Balaban J connectivity index is 2.36. The molecule has 2 aromatic carbocycles. The smallest absolute Gasteiger partial charge is 0.159 e. The second-order valence-corrected chi connectivity index (χ2v) is 4.89. The van der Waals surface area contributed by atoms with E-state index in [1.807, 2.05) is 32.0 Å². The van der Waals surface area contributed by atoms with E-state index in [0.29, 0.717) is 11.3 Å². The van der Waals surface area contributed by atoms with Gasteiger partial charge in [0.15, 0.2) is 5.78 Å². The molecule has 2 nitrogen and oxygen atoms in total. The van der Waals surface area contributed by atoms with E-state index in [9.17, 15) is 4.79 Å². The van der Waals surface area contributed by atoms with Gasteiger partial charge in [-0.05, 0) is 62.6 Å². The van der Waals surface area contributed by atoms with Crippen LogP contribution in [0.5, 0.6) is 11.5 Å². The molecule has 0 aliphatic heterocycles. The number of carbonyl (C=O) groups excluding carboxylic acids is 1. The highest BCUT2D eigenvalue weighted by Crippen LogP contribution is 2.28. The van der Waals surface area contributed by atoms with Crippen LogP contribution in [0.4, 0.5) is 0 Å². The maximum atomic E-state index is 11.4. The molecule has 0 unspecified atom stereocenters. The number of carbonyl (C=O) groups is 1. The molecule has 0 spiro atoms. The quantitative estimate of drug-likeness (QED) is 0.748. The summed E-state index contributed by atoms with van der Waals surface area (Å²) in [5, 5.41) is 0. The van der Waals surface area contributed by atoms with Crippen LogP contribution in [-0.4, -0.2) is 5.78 Å². The summed E-state index contributed by atoms with van der Waals surface area (Å²) in [6.45, 7) is 7.71. The third-order valence-electron chi connectivity index (χ3n) is 3.23. The zero-order valence-electron chi connectivity index (χ0n) is 11.8. The van der Waals surface area contributed by atoms with Crippen molar-refractivity contribution >= 4 is 5.78 Å². The van der Waals surface area contributed by atoms with Crippen LogP contribution >= 0.6 is 0 Å². The van der Waals surface area contributed by atoms with Gasteiger partial charge in [-0.2, -0.15) is 0 Å². The van der Waals surface area contributed by atoms with E-state index in [-0.39, 0.29) is 5.78 Å². The van der Waals surface area contributed by atoms with E-state index in [4.69, 9.17) is 4.74 Å². The van der Waals surface area contributed by atoms with E-state index < -0.39 is 0 Å². The molecule has 0 aliphatic carbocycles. The van der Waals surface area contributed by atoms with Crippen LogP contribution in [0, 0.1) is 20.8 Å². The summed E-state index contributed by atoms with van der Waals surface area (Å²) in [6, 6.07) is 11.4. The molecule has 0 fully saturated rings. The Kier molecular flexibility index (Phi) is 3.70. The van der Waals surface area contributed by atoms with E-state index in [0.717, 1.165) is 11.3 Å². The van der Waals surface area contributed by atoms with Crippen LogP contribution in [-0.2, 0) is 0 Å². The minimum absolute atomic E-state index is 0.0441.